The Labute approximate surface area is 238 Å². The van der Waals surface area contributed by atoms with E-state index in [1.54, 1.807) is 0 Å². The Morgan fingerprint density at radius 2 is 1.76 bits per heavy atom. The second kappa shape index (κ2) is 13.9. The van der Waals surface area contributed by atoms with Gasteiger partial charge < -0.3 is 43.4 Å². The number of ether oxygens (including phenoxy) is 4. The number of imide groups is 1. The van der Waals surface area contributed by atoms with Crippen LogP contribution in [0.1, 0.15) is 19.8 Å². The number of rotatable bonds is 11. The number of benzene rings is 1. The molecule has 42 heavy (non-hydrogen) atoms. The Bertz CT molecular complexity index is 1260. The first-order valence-corrected chi connectivity index (χ1v) is 15.8. The normalized spacial score (nSPS) is 17.7. The first-order valence-electron chi connectivity index (χ1n) is 12.4. The van der Waals surface area contributed by atoms with Crippen molar-refractivity contribution in [3.8, 4) is 0 Å². The molecule has 1 aromatic rings. The van der Waals surface area contributed by atoms with Crippen molar-refractivity contribution in [2.45, 2.75) is 31.3 Å². The van der Waals surface area contributed by atoms with Gasteiger partial charge in [0.1, 0.15) is 11.9 Å². The Morgan fingerprint density at radius 3 is 2.33 bits per heavy atom. The topological polar surface area (TPSA) is 230 Å². The van der Waals surface area contributed by atoms with Crippen LogP contribution in [-0.2, 0) is 37.7 Å². The van der Waals surface area contributed by atoms with Gasteiger partial charge in [-0.3, -0.25) is 23.6 Å². The first kappa shape index (κ1) is 33.4. The smallest absolute Gasteiger partial charge is 0.419 e. The van der Waals surface area contributed by atoms with E-state index in [1.807, 2.05) is 4.90 Å². The SMILES string of the molecule is CC(=O)N(C[C@H]1CN(c2ccc(N3CCOCC3)c(F)c2)C(=O)O1)C(=O)OCOC(=O)CCC(P(=O)(O)O)P(=O)(O)O. The van der Waals surface area contributed by atoms with E-state index in [0.29, 0.717) is 36.9 Å². The van der Waals surface area contributed by atoms with E-state index in [0.717, 1.165) is 11.8 Å². The molecule has 3 amide bonds. The summed E-state index contributed by atoms with van der Waals surface area (Å²) in [5, 5.41) is -2.42. The highest BCUT2D eigenvalue weighted by Gasteiger charge is 2.43. The summed E-state index contributed by atoms with van der Waals surface area (Å²) in [6, 6.07) is 4.22. The highest BCUT2D eigenvalue weighted by molar-refractivity contribution is 7.70. The predicted molar refractivity (Wildman–Crippen MR) is 139 cm³/mol. The summed E-state index contributed by atoms with van der Waals surface area (Å²) in [5.41, 5.74) is 0.543. The van der Waals surface area contributed by atoms with Crippen LogP contribution in [0.3, 0.4) is 0 Å². The second-order valence-electron chi connectivity index (χ2n) is 9.22. The van der Waals surface area contributed by atoms with Gasteiger partial charge in [-0.1, -0.05) is 0 Å². The van der Waals surface area contributed by atoms with Crippen molar-refractivity contribution < 1.29 is 71.2 Å². The molecule has 2 heterocycles. The van der Waals surface area contributed by atoms with Gasteiger partial charge in [0.2, 0.25) is 12.7 Å². The molecule has 0 saturated carbocycles. The Balaban J connectivity index is 1.52. The number of cyclic esters (lactones) is 1. The van der Waals surface area contributed by atoms with Crippen LogP contribution in [0.25, 0.3) is 0 Å². The van der Waals surface area contributed by atoms with Gasteiger partial charge in [-0.15, -0.1) is 0 Å². The minimum absolute atomic E-state index is 0.137. The molecule has 2 aliphatic rings. The van der Waals surface area contributed by atoms with E-state index in [4.69, 9.17) is 33.8 Å². The lowest BCUT2D eigenvalue weighted by Crippen LogP contribution is -2.42. The fourth-order valence-corrected chi connectivity index (χ4v) is 6.66. The van der Waals surface area contributed by atoms with Crippen LogP contribution < -0.4 is 9.80 Å². The summed E-state index contributed by atoms with van der Waals surface area (Å²) in [4.78, 5) is 88.6. The van der Waals surface area contributed by atoms with Crippen molar-refractivity contribution in [3.63, 3.8) is 0 Å². The average Bonchev–Trinajstić information content (AvgIpc) is 3.26. The van der Waals surface area contributed by atoms with Gasteiger partial charge in [0.15, 0.2) is 5.40 Å². The van der Waals surface area contributed by atoms with E-state index >= 15 is 0 Å². The molecule has 4 N–H and O–H groups in total. The number of morpholine rings is 1. The Hall–Kier alpha value is -3.11. The third-order valence-corrected chi connectivity index (χ3v) is 10.1. The molecule has 17 nitrogen and oxygen atoms in total. The van der Waals surface area contributed by atoms with E-state index in [1.165, 1.54) is 18.2 Å². The van der Waals surface area contributed by atoms with Crippen LogP contribution in [0.15, 0.2) is 18.2 Å². The highest BCUT2D eigenvalue weighted by Crippen LogP contribution is 2.61. The summed E-state index contributed by atoms with van der Waals surface area (Å²) < 4.78 is 57.1. The molecule has 0 spiro atoms. The van der Waals surface area contributed by atoms with E-state index in [9.17, 15) is 32.7 Å². The number of amides is 3. The Kier molecular flexibility index (Phi) is 11.1. The molecule has 2 fully saturated rings. The van der Waals surface area contributed by atoms with Gasteiger partial charge in [-0.25, -0.2) is 18.9 Å². The Morgan fingerprint density at radius 1 is 1.12 bits per heavy atom. The molecule has 1 atom stereocenters. The summed E-state index contributed by atoms with van der Waals surface area (Å²) in [6.07, 6.45) is -4.88. The molecule has 0 bridgehead atoms. The average molecular weight is 641 g/mol. The predicted octanol–water partition coefficient (Wildman–Crippen LogP) is 0.935. The van der Waals surface area contributed by atoms with Crippen LogP contribution in [0.5, 0.6) is 0 Å². The van der Waals surface area contributed by atoms with Crippen LogP contribution in [0.4, 0.5) is 25.4 Å². The molecule has 3 rings (SSSR count). The number of halogens is 1. The van der Waals surface area contributed by atoms with Crippen molar-refractivity contribution >= 4 is 50.6 Å². The molecule has 2 saturated heterocycles. The van der Waals surface area contributed by atoms with Gasteiger partial charge in [-0.2, -0.15) is 0 Å². The molecular weight excluding hydrogens is 611 g/mol. The molecular formula is C22H30FN3O14P2. The maximum atomic E-state index is 14.8. The molecule has 0 radical (unpaired) electrons. The fourth-order valence-electron chi connectivity index (χ4n) is 4.16. The van der Waals surface area contributed by atoms with Crippen molar-refractivity contribution in [2.75, 3.05) is 56.0 Å². The summed E-state index contributed by atoms with van der Waals surface area (Å²) in [6.45, 7) is 1.32. The summed E-state index contributed by atoms with van der Waals surface area (Å²) in [7, 11) is -10.5. The molecule has 234 valence electrons. The lowest BCUT2D eigenvalue weighted by molar-refractivity contribution is -0.152. The highest BCUT2D eigenvalue weighted by atomic mass is 31.2. The number of anilines is 2. The first-order chi connectivity index (χ1) is 19.6. The number of hydrogen-bond acceptors (Lipinski definition) is 11. The van der Waals surface area contributed by atoms with Crippen LogP contribution in [-0.4, -0.2) is 106 Å². The van der Waals surface area contributed by atoms with Crippen molar-refractivity contribution in [1.82, 2.24) is 4.90 Å². The van der Waals surface area contributed by atoms with Gasteiger partial charge in [0.05, 0.1) is 37.7 Å². The zero-order valence-corrected chi connectivity index (χ0v) is 24.0. The quantitative estimate of drug-likeness (QED) is 0.150. The lowest BCUT2D eigenvalue weighted by Gasteiger charge is -2.29. The van der Waals surface area contributed by atoms with Crippen molar-refractivity contribution in [2.24, 2.45) is 0 Å². The number of hydrogen-bond donors (Lipinski definition) is 4. The molecule has 1 aromatic carbocycles. The van der Waals surface area contributed by atoms with E-state index < -0.39 is 82.8 Å². The van der Waals surface area contributed by atoms with Crippen LogP contribution in [0, 0.1) is 5.82 Å². The van der Waals surface area contributed by atoms with Gasteiger partial charge >= 0.3 is 33.3 Å². The minimum atomic E-state index is -5.24. The molecule has 0 aromatic heterocycles. The number of nitrogens with zero attached hydrogens (tertiary/aromatic N) is 3. The van der Waals surface area contributed by atoms with Crippen LogP contribution in [0.2, 0.25) is 0 Å². The third-order valence-electron chi connectivity index (χ3n) is 6.24. The maximum Gasteiger partial charge on any atom is 0.419 e. The number of carbonyl (C=O) groups excluding carboxylic acids is 4. The van der Waals surface area contributed by atoms with Gasteiger partial charge in [-0.05, 0) is 24.6 Å². The van der Waals surface area contributed by atoms with Crippen molar-refractivity contribution in [3.05, 3.63) is 24.0 Å². The van der Waals surface area contributed by atoms with E-state index in [-0.39, 0.29) is 12.2 Å². The minimum Gasteiger partial charge on any atom is -0.442 e. The standard InChI is InChI=1S/C22H30FN3O14P2/c1-14(27)25(21(29)39-13-38-19(28)4-5-20(41(31,32)33)42(34,35)36)11-16-12-26(22(30)40-16)15-2-3-18(17(23)10-15)24-6-8-37-9-7-24/h2-3,10,16,20H,4-9,11-13H2,1H3,(H2,31,32,33)(H2,34,35,36)/t16-/m0/s1. The van der Waals surface area contributed by atoms with E-state index in [2.05, 4.69) is 4.74 Å². The summed E-state index contributed by atoms with van der Waals surface area (Å²) in [5.74, 6) is -2.57. The largest absolute Gasteiger partial charge is 0.442 e. The molecule has 2 aliphatic heterocycles. The van der Waals surface area contributed by atoms with Crippen LogP contribution >= 0.6 is 15.2 Å². The monoisotopic (exact) mass is 641 g/mol. The van der Waals surface area contributed by atoms with Gasteiger partial charge in [0, 0.05) is 26.4 Å². The maximum absolute atomic E-state index is 14.8. The lowest BCUT2D eigenvalue weighted by atomic mass is 10.2. The second-order valence-corrected chi connectivity index (χ2v) is 13.2. The summed E-state index contributed by atoms with van der Waals surface area (Å²) >= 11 is 0. The zero-order valence-electron chi connectivity index (χ0n) is 22.2. The third kappa shape index (κ3) is 8.94. The molecule has 0 aliphatic carbocycles. The molecule has 20 heteroatoms. The number of esters is 1. The molecule has 0 unspecified atom stereocenters. The van der Waals surface area contributed by atoms with Crippen molar-refractivity contribution in [1.29, 1.82) is 0 Å². The fraction of sp³-hybridized carbons (Fsp3) is 0.545. The zero-order chi connectivity index (χ0) is 31.2. The van der Waals surface area contributed by atoms with Gasteiger partial charge in [0.25, 0.3) is 0 Å². The number of carbonyl (C=O) groups is 4.